The highest BCUT2D eigenvalue weighted by Gasteiger charge is 2.23. The van der Waals surface area contributed by atoms with Gasteiger partial charge in [-0.15, -0.1) is 0 Å². The lowest BCUT2D eigenvalue weighted by atomic mass is 10.1. The number of aromatic nitrogens is 2. The molecule has 3 heterocycles. The molecular weight excluding hydrogens is 404 g/mol. The van der Waals surface area contributed by atoms with Crippen molar-refractivity contribution in [3.63, 3.8) is 0 Å². The number of carboxylic acid groups (broad SMARTS) is 1. The molecule has 1 aromatic heterocycles. The van der Waals surface area contributed by atoms with Crippen molar-refractivity contribution in [2.45, 2.75) is 44.4 Å². The lowest BCUT2D eigenvalue weighted by Gasteiger charge is -2.29. The van der Waals surface area contributed by atoms with Crippen LogP contribution in [0.25, 0.3) is 11.5 Å². The molecule has 2 aromatic rings. The van der Waals surface area contributed by atoms with E-state index in [2.05, 4.69) is 15.5 Å². The number of benzene rings is 1. The summed E-state index contributed by atoms with van der Waals surface area (Å²) in [6.07, 6.45) is 2.03. The summed E-state index contributed by atoms with van der Waals surface area (Å²) in [5.74, 6) is 0.680. The fraction of sp³-hybridized carbons (Fsp3) is 0.524. The van der Waals surface area contributed by atoms with Gasteiger partial charge in [0.2, 0.25) is 0 Å². The van der Waals surface area contributed by atoms with Crippen LogP contribution in [0, 0.1) is 0 Å². The first-order chi connectivity index (χ1) is 15.1. The number of piperidine rings is 1. The van der Waals surface area contributed by atoms with E-state index in [1.54, 1.807) is 24.3 Å². The Kier molecular flexibility index (Phi) is 6.78. The standard InChI is InChI=1S/C21H26N4O6/c26-19(22-16-7-11-29-12-8-16)14-1-3-15(4-2-14)20-23-18(24-31-20)13-30-17-5-9-25(10-6-17)21(27)28/h1-4,16-17H,5-13H2,(H,22,26)(H,27,28). The SMILES string of the molecule is O=C(NC1CCOCC1)c1ccc(-c2nc(COC3CCN(C(=O)O)CC3)no2)cc1. The number of carbonyl (C=O) groups is 2. The molecule has 4 rings (SSSR count). The quantitative estimate of drug-likeness (QED) is 0.715. The first kappa shape index (κ1) is 21.3. The van der Waals surface area contributed by atoms with Crippen LogP contribution in [-0.2, 0) is 16.1 Å². The van der Waals surface area contributed by atoms with E-state index in [0.717, 1.165) is 18.4 Å². The second-order valence-corrected chi connectivity index (χ2v) is 7.73. The number of hydrogen-bond donors (Lipinski definition) is 2. The molecule has 0 spiro atoms. The van der Waals surface area contributed by atoms with Crippen molar-refractivity contribution in [2.24, 2.45) is 0 Å². The van der Waals surface area contributed by atoms with Gasteiger partial charge in [-0.1, -0.05) is 5.16 Å². The Morgan fingerprint density at radius 3 is 2.52 bits per heavy atom. The molecule has 31 heavy (non-hydrogen) atoms. The Hall–Kier alpha value is -2.98. The van der Waals surface area contributed by atoms with Crippen LogP contribution in [0.15, 0.2) is 28.8 Å². The molecule has 10 nitrogen and oxygen atoms in total. The minimum Gasteiger partial charge on any atom is -0.465 e. The van der Waals surface area contributed by atoms with Gasteiger partial charge in [0.25, 0.3) is 11.8 Å². The summed E-state index contributed by atoms with van der Waals surface area (Å²) in [7, 11) is 0. The predicted octanol–water partition coefficient (Wildman–Crippen LogP) is 2.30. The van der Waals surface area contributed by atoms with Gasteiger partial charge in [0, 0.05) is 43.5 Å². The van der Waals surface area contributed by atoms with E-state index in [9.17, 15) is 9.59 Å². The third-order valence-electron chi connectivity index (χ3n) is 5.58. The molecular formula is C21H26N4O6. The van der Waals surface area contributed by atoms with Crippen LogP contribution in [0.2, 0.25) is 0 Å². The van der Waals surface area contributed by atoms with E-state index in [0.29, 0.717) is 56.4 Å². The second kappa shape index (κ2) is 9.88. The zero-order chi connectivity index (χ0) is 21.6. The minimum absolute atomic E-state index is 0.0222. The maximum Gasteiger partial charge on any atom is 0.407 e. The van der Waals surface area contributed by atoms with Crippen LogP contribution < -0.4 is 5.32 Å². The van der Waals surface area contributed by atoms with Gasteiger partial charge in [0.1, 0.15) is 6.61 Å². The number of ether oxygens (including phenoxy) is 2. The average Bonchev–Trinajstić information content (AvgIpc) is 3.28. The summed E-state index contributed by atoms with van der Waals surface area (Å²) in [6.45, 7) is 2.48. The van der Waals surface area contributed by atoms with Gasteiger partial charge in [-0.05, 0) is 49.9 Å². The summed E-state index contributed by atoms with van der Waals surface area (Å²) >= 11 is 0. The van der Waals surface area contributed by atoms with Gasteiger partial charge < -0.3 is 29.3 Å². The van der Waals surface area contributed by atoms with Crippen LogP contribution in [-0.4, -0.2) is 70.6 Å². The van der Waals surface area contributed by atoms with Crippen molar-refractivity contribution < 1.29 is 28.7 Å². The van der Waals surface area contributed by atoms with Gasteiger partial charge in [0.15, 0.2) is 5.82 Å². The highest BCUT2D eigenvalue weighted by atomic mass is 16.5. The lowest BCUT2D eigenvalue weighted by molar-refractivity contribution is -0.00295. The molecule has 10 heteroatoms. The van der Waals surface area contributed by atoms with Crippen molar-refractivity contribution in [2.75, 3.05) is 26.3 Å². The molecule has 1 aromatic carbocycles. The summed E-state index contributed by atoms with van der Waals surface area (Å²) in [4.78, 5) is 29.1. The van der Waals surface area contributed by atoms with Crippen molar-refractivity contribution in [1.29, 1.82) is 0 Å². The zero-order valence-corrected chi connectivity index (χ0v) is 17.2. The third kappa shape index (κ3) is 5.59. The zero-order valence-electron chi connectivity index (χ0n) is 17.2. The summed E-state index contributed by atoms with van der Waals surface area (Å²) in [5, 5.41) is 16.0. The van der Waals surface area contributed by atoms with Crippen LogP contribution in [0.5, 0.6) is 0 Å². The molecule has 2 aliphatic rings. The Labute approximate surface area is 179 Å². The second-order valence-electron chi connectivity index (χ2n) is 7.73. The highest BCUT2D eigenvalue weighted by molar-refractivity contribution is 5.94. The average molecular weight is 430 g/mol. The molecule has 2 N–H and O–H groups in total. The van der Waals surface area contributed by atoms with E-state index in [1.807, 2.05) is 0 Å². The van der Waals surface area contributed by atoms with E-state index >= 15 is 0 Å². The molecule has 0 saturated carbocycles. The number of amides is 2. The molecule has 0 radical (unpaired) electrons. The van der Waals surface area contributed by atoms with Gasteiger partial charge in [0.05, 0.1) is 6.10 Å². The molecule has 2 aliphatic heterocycles. The lowest BCUT2D eigenvalue weighted by Crippen LogP contribution is -2.40. The molecule has 2 fully saturated rings. The molecule has 0 unspecified atom stereocenters. The van der Waals surface area contributed by atoms with Gasteiger partial charge in [-0.2, -0.15) is 4.98 Å². The van der Waals surface area contributed by atoms with Gasteiger partial charge >= 0.3 is 6.09 Å². The fourth-order valence-electron chi connectivity index (χ4n) is 3.71. The monoisotopic (exact) mass is 430 g/mol. The van der Waals surface area contributed by atoms with E-state index in [4.69, 9.17) is 19.1 Å². The number of nitrogens with one attached hydrogen (secondary N) is 1. The first-order valence-corrected chi connectivity index (χ1v) is 10.5. The van der Waals surface area contributed by atoms with E-state index in [-0.39, 0.29) is 24.7 Å². The maximum absolute atomic E-state index is 12.4. The van der Waals surface area contributed by atoms with Crippen molar-refractivity contribution >= 4 is 12.0 Å². The third-order valence-corrected chi connectivity index (χ3v) is 5.58. The molecule has 2 saturated heterocycles. The van der Waals surface area contributed by atoms with Crippen molar-refractivity contribution in [3.8, 4) is 11.5 Å². The normalized spacial score (nSPS) is 18.1. The predicted molar refractivity (Wildman–Crippen MR) is 108 cm³/mol. The largest absolute Gasteiger partial charge is 0.465 e. The summed E-state index contributed by atoms with van der Waals surface area (Å²) in [5.41, 5.74) is 1.29. The number of nitrogens with zero attached hydrogens (tertiary/aromatic N) is 3. The van der Waals surface area contributed by atoms with Crippen LogP contribution in [0.3, 0.4) is 0 Å². The Morgan fingerprint density at radius 1 is 1.13 bits per heavy atom. The van der Waals surface area contributed by atoms with Gasteiger partial charge in [-0.25, -0.2) is 4.79 Å². The topological polar surface area (TPSA) is 127 Å². The number of carbonyl (C=O) groups excluding carboxylic acids is 1. The van der Waals surface area contributed by atoms with Crippen molar-refractivity contribution in [3.05, 3.63) is 35.7 Å². The fourth-order valence-corrected chi connectivity index (χ4v) is 3.71. The molecule has 166 valence electrons. The maximum atomic E-state index is 12.4. The smallest absolute Gasteiger partial charge is 0.407 e. The van der Waals surface area contributed by atoms with Crippen LogP contribution in [0.4, 0.5) is 4.79 Å². The summed E-state index contributed by atoms with van der Waals surface area (Å²) in [6, 6.07) is 7.18. The van der Waals surface area contributed by atoms with Gasteiger partial charge in [-0.3, -0.25) is 4.79 Å². The highest BCUT2D eigenvalue weighted by Crippen LogP contribution is 2.20. The van der Waals surface area contributed by atoms with E-state index < -0.39 is 6.09 Å². The Morgan fingerprint density at radius 2 is 1.84 bits per heavy atom. The number of hydrogen-bond acceptors (Lipinski definition) is 7. The van der Waals surface area contributed by atoms with Crippen molar-refractivity contribution in [1.82, 2.24) is 20.4 Å². The van der Waals surface area contributed by atoms with E-state index in [1.165, 1.54) is 4.90 Å². The molecule has 0 atom stereocenters. The summed E-state index contributed by atoms with van der Waals surface area (Å²) < 4.78 is 16.4. The Bertz CT molecular complexity index is 886. The molecule has 0 bridgehead atoms. The minimum atomic E-state index is -0.895. The Balaban J connectivity index is 1.27. The van der Waals surface area contributed by atoms with Crippen LogP contribution >= 0.6 is 0 Å². The first-order valence-electron chi connectivity index (χ1n) is 10.5. The molecule has 2 amide bonds. The number of rotatable bonds is 6. The molecule has 0 aliphatic carbocycles. The number of likely N-dealkylation sites (tertiary alicyclic amines) is 1. The van der Waals surface area contributed by atoms with Crippen LogP contribution in [0.1, 0.15) is 41.9 Å².